The van der Waals surface area contributed by atoms with Gasteiger partial charge >= 0.3 is 6.16 Å². The molecule has 0 radical (unpaired) electrons. The molecule has 3 heteroatoms. The monoisotopic (exact) mass is 222 g/mol. The molecule has 0 aliphatic heterocycles. The Morgan fingerprint density at radius 3 is 2.38 bits per heavy atom. The number of carbonyl (C=O) groups is 1. The highest BCUT2D eigenvalue weighted by Crippen LogP contribution is 2.36. The Hall–Kier alpha value is -1.51. The molecule has 0 amide bonds. The minimum atomic E-state index is -1.83. The van der Waals surface area contributed by atoms with Crippen molar-refractivity contribution >= 4 is 6.16 Å². The zero-order chi connectivity index (χ0) is 12.2. The maximum Gasteiger partial charge on any atom is 0.503 e. The van der Waals surface area contributed by atoms with Crippen LogP contribution in [0, 0.1) is 0 Å². The van der Waals surface area contributed by atoms with E-state index in [1.807, 2.05) is 0 Å². The third-order valence-electron chi connectivity index (χ3n) is 2.99. The number of aryl methyl sites for hydroxylation is 1. The molecule has 0 aromatic heterocycles. The predicted molar refractivity (Wildman–Crippen MR) is 63.1 cm³/mol. The molecule has 0 atom stereocenters. The van der Waals surface area contributed by atoms with Gasteiger partial charge in [-0.15, -0.1) is 0 Å². The van der Waals surface area contributed by atoms with Crippen LogP contribution in [0.25, 0.3) is 0 Å². The van der Waals surface area contributed by atoms with Gasteiger partial charge in [-0.1, -0.05) is 38.1 Å². The molecule has 0 bridgehead atoms. The minimum Gasteiger partial charge on any atom is -0.450 e. The van der Waals surface area contributed by atoms with Crippen LogP contribution in [0.15, 0.2) is 24.3 Å². The smallest absolute Gasteiger partial charge is 0.450 e. The molecule has 2 N–H and O–H groups in total. The van der Waals surface area contributed by atoms with E-state index in [-0.39, 0.29) is 0 Å². The van der Waals surface area contributed by atoms with Crippen molar-refractivity contribution < 1.29 is 15.0 Å². The highest BCUT2D eigenvalue weighted by molar-refractivity contribution is 5.53. The lowest BCUT2D eigenvalue weighted by Gasteiger charge is -2.32. The molecule has 2 rings (SSSR count). The third kappa shape index (κ3) is 3.26. The second-order valence-corrected chi connectivity index (χ2v) is 4.68. The Balaban J connectivity index is 0.000000280. The Labute approximate surface area is 95.7 Å². The fraction of sp³-hybridized carbons (Fsp3) is 0.462. The Kier molecular flexibility index (Phi) is 3.93. The fourth-order valence-corrected chi connectivity index (χ4v) is 2.25. The van der Waals surface area contributed by atoms with Gasteiger partial charge < -0.3 is 10.2 Å². The van der Waals surface area contributed by atoms with Gasteiger partial charge in [0.25, 0.3) is 0 Å². The molecule has 3 nitrogen and oxygen atoms in total. The van der Waals surface area contributed by atoms with Gasteiger partial charge in [-0.25, -0.2) is 4.79 Å². The van der Waals surface area contributed by atoms with Crippen molar-refractivity contribution in [2.24, 2.45) is 0 Å². The SMILES string of the molecule is CC1(C)CCCc2ccccc21.O=C(O)O. The maximum absolute atomic E-state index is 8.56. The van der Waals surface area contributed by atoms with Crippen LogP contribution in [-0.4, -0.2) is 16.4 Å². The van der Waals surface area contributed by atoms with Crippen LogP contribution in [-0.2, 0) is 11.8 Å². The quantitative estimate of drug-likeness (QED) is 0.706. The molecule has 1 aromatic rings. The molecule has 0 spiro atoms. The minimum absolute atomic E-state index is 0.412. The van der Waals surface area contributed by atoms with Gasteiger partial charge in [-0.2, -0.15) is 0 Å². The first-order chi connectivity index (χ1) is 7.43. The molecule has 88 valence electrons. The molecular formula is C13H18O3. The summed E-state index contributed by atoms with van der Waals surface area (Å²) in [6.45, 7) is 4.70. The van der Waals surface area contributed by atoms with E-state index in [1.165, 1.54) is 19.3 Å². The molecule has 1 aliphatic rings. The van der Waals surface area contributed by atoms with Crippen LogP contribution in [0.2, 0.25) is 0 Å². The van der Waals surface area contributed by atoms with E-state index in [0.717, 1.165) is 0 Å². The Morgan fingerprint density at radius 2 is 1.81 bits per heavy atom. The van der Waals surface area contributed by atoms with E-state index < -0.39 is 6.16 Å². The zero-order valence-corrected chi connectivity index (χ0v) is 9.73. The van der Waals surface area contributed by atoms with E-state index in [1.54, 1.807) is 11.1 Å². The van der Waals surface area contributed by atoms with Crippen molar-refractivity contribution in [3.63, 3.8) is 0 Å². The summed E-state index contributed by atoms with van der Waals surface area (Å²) in [6, 6.07) is 8.87. The van der Waals surface area contributed by atoms with E-state index in [2.05, 4.69) is 38.1 Å². The normalized spacial score (nSPS) is 16.6. The highest BCUT2D eigenvalue weighted by atomic mass is 16.6. The second kappa shape index (κ2) is 5.01. The average molecular weight is 222 g/mol. The van der Waals surface area contributed by atoms with Crippen molar-refractivity contribution in [2.75, 3.05) is 0 Å². The number of fused-ring (bicyclic) bond motifs is 1. The van der Waals surface area contributed by atoms with Crippen LogP contribution in [0.4, 0.5) is 4.79 Å². The summed E-state index contributed by atoms with van der Waals surface area (Å²) < 4.78 is 0. The van der Waals surface area contributed by atoms with Crippen LogP contribution in [0.1, 0.15) is 37.8 Å². The van der Waals surface area contributed by atoms with E-state index in [0.29, 0.717) is 5.41 Å². The van der Waals surface area contributed by atoms with Crippen LogP contribution >= 0.6 is 0 Å². The van der Waals surface area contributed by atoms with Gasteiger partial charge in [0.2, 0.25) is 0 Å². The first-order valence-corrected chi connectivity index (χ1v) is 5.44. The van der Waals surface area contributed by atoms with Gasteiger partial charge in [-0.3, -0.25) is 0 Å². The largest absolute Gasteiger partial charge is 0.503 e. The standard InChI is InChI=1S/C12H16.CH2O3/c1-12(2)9-5-7-10-6-3-4-8-11(10)12;2-1(3)4/h3-4,6,8H,5,7,9H2,1-2H3;(H2,2,3,4). The lowest BCUT2D eigenvalue weighted by atomic mass is 9.73. The van der Waals surface area contributed by atoms with Crippen LogP contribution in [0.3, 0.4) is 0 Å². The molecule has 1 aromatic carbocycles. The molecule has 0 unspecified atom stereocenters. The third-order valence-corrected chi connectivity index (χ3v) is 2.99. The van der Waals surface area contributed by atoms with Gasteiger partial charge in [0.05, 0.1) is 0 Å². The van der Waals surface area contributed by atoms with Crippen molar-refractivity contribution in [3.8, 4) is 0 Å². The molecule has 0 saturated heterocycles. The topological polar surface area (TPSA) is 57.5 Å². The predicted octanol–water partition coefficient (Wildman–Crippen LogP) is 3.52. The zero-order valence-electron chi connectivity index (χ0n) is 9.73. The van der Waals surface area contributed by atoms with Gasteiger partial charge in [-0.05, 0) is 35.8 Å². The number of benzene rings is 1. The summed E-state index contributed by atoms with van der Waals surface area (Å²) in [5, 5.41) is 13.9. The van der Waals surface area contributed by atoms with Gasteiger partial charge in [0.1, 0.15) is 0 Å². The Morgan fingerprint density at radius 1 is 1.25 bits per heavy atom. The number of carboxylic acid groups (broad SMARTS) is 2. The van der Waals surface area contributed by atoms with Crippen molar-refractivity contribution in [1.29, 1.82) is 0 Å². The molecule has 0 fully saturated rings. The van der Waals surface area contributed by atoms with Crippen LogP contribution in [0.5, 0.6) is 0 Å². The molecule has 16 heavy (non-hydrogen) atoms. The lowest BCUT2D eigenvalue weighted by molar-refractivity contribution is 0.137. The number of hydrogen-bond donors (Lipinski definition) is 2. The molecule has 0 saturated carbocycles. The van der Waals surface area contributed by atoms with Crippen LogP contribution < -0.4 is 0 Å². The van der Waals surface area contributed by atoms with Gasteiger partial charge in [0, 0.05) is 0 Å². The van der Waals surface area contributed by atoms with Crippen molar-refractivity contribution in [1.82, 2.24) is 0 Å². The molecule has 0 heterocycles. The summed E-state index contributed by atoms with van der Waals surface area (Å²) >= 11 is 0. The van der Waals surface area contributed by atoms with Crippen molar-refractivity contribution in [3.05, 3.63) is 35.4 Å². The first-order valence-electron chi connectivity index (χ1n) is 5.44. The summed E-state index contributed by atoms with van der Waals surface area (Å²) in [6.07, 6.45) is 2.13. The lowest BCUT2D eigenvalue weighted by Crippen LogP contribution is -2.23. The fourth-order valence-electron chi connectivity index (χ4n) is 2.25. The second-order valence-electron chi connectivity index (χ2n) is 4.68. The highest BCUT2D eigenvalue weighted by Gasteiger charge is 2.26. The maximum atomic E-state index is 8.56. The van der Waals surface area contributed by atoms with Crippen molar-refractivity contribution in [2.45, 2.75) is 38.5 Å². The molecule has 1 aliphatic carbocycles. The summed E-state index contributed by atoms with van der Waals surface area (Å²) in [5.74, 6) is 0. The van der Waals surface area contributed by atoms with E-state index >= 15 is 0 Å². The number of rotatable bonds is 0. The summed E-state index contributed by atoms with van der Waals surface area (Å²) in [5.41, 5.74) is 3.54. The Bertz CT molecular complexity index is 365. The summed E-state index contributed by atoms with van der Waals surface area (Å²) in [7, 11) is 0. The molecular weight excluding hydrogens is 204 g/mol. The van der Waals surface area contributed by atoms with E-state index in [9.17, 15) is 0 Å². The van der Waals surface area contributed by atoms with E-state index in [4.69, 9.17) is 15.0 Å². The van der Waals surface area contributed by atoms with Gasteiger partial charge in [0.15, 0.2) is 0 Å². The number of hydrogen-bond acceptors (Lipinski definition) is 1. The first kappa shape index (κ1) is 12.6. The average Bonchev–Trinajstić information content (AvgIpc) is 2.16. The summed E-state index contributed by atoms with van der Waals surface area (Å²) in [4.78, 5) is 8.56.